The summed E-state index contributed by atoms with van der Waals surface area (Å²) < 4.78 is 28.3. The zero-order chi connectivity index (χ0) is 12.0. The van der Waals surface area contributed by atoms with E-state index in [4.69, 9.17) is 4.74 Å². The molecular weight excluding hydrogens is 226 g/mol. The Balaban J connectivity index is 1.90. The SMILES string of the molecule is CC(C)S(=O)(=O)CCNCCOCC1CC1. The van der Waals surface area contributed by atoms with Gasteiger partial charge in [0.05, 0.1) is 17.6 Å². The Morgan fingerprint density at radius 2 is 2.00 bits per heavy atom. The lowest BCUT2D eigenvalue weighted by Crippen LogP contribution is -2.29. The normalized spacial score (nSPS) is 16.9. The highest BCUT2D eigenvalue weighted by atomic mass is 32.2. The quantitative estimate of drug-likeness (QED) is 0.615. The molecule has 0 bridgehead atoms. The number of rotatable bonds is 9. The van der Waals surface area contributed by atoms with Crippen molar-refractivity contribution in [3.63, 3.8) is 0 Å². The maximum absolute atomic E-state index is 11.4. The lowest BCUT2D eigenvalue weighted by Gasteiger charge is -2.08. The summed E-state index contributed by atoms with van der Waals surface area (Å²) in [5.41, 5.74) is 0. The first-order chi connectivity index (χ1) is 7.52. The molecule has 1 N–H and O–H groups in total. The van der Waals surface area contributed by atoms with E-state index >= 15 is 0 Å². The Morgan fingerprint density at radius 3 is 2.56 bits per heavy atom. The van der Waals surface area contributed by atoms with Crippen molar-refractivity contribution in [1.82, 2.24) is 5.32 Å². The number of hydrogen-bond acceptors (Lipinski definition) is 4. The molecule has 96 valence electrons. The predicted molar refractivity (Wildman–Crippen MR) is 65.3 cm³/mol. The van der Waals surface area contributed by atoms with Crippen LogP contribution in [0.15, 0.2) is 0 Å². The van der Waals surface area contributed by atoms with Crippen LogP contribution < -0.4 is 5.32 Å². The maximum Gasteiger partial charge on any atom is 0.153 e. The summed E-state index contributed by atoms with van der Waals surface area (Å²) in [7, 11) is -2.90. The van der Waals surface area contributed by atoms with Crippen molar-refractivity contribution in [1.29, 1.82) is 0 Å². The zero-order valence-electron chi connectivity index (χ0n) is 10.2. The Morgan fingerprint density at radius 1 is 1.31 bits per heavy atom. The minimum absolute atomic E-state index is 0.216. The minimum Gasteiger partial charge on any atom is -0.380 e. The number of sulfone groups is 1. The summed E-state index contributed by atoms with van der Waals surface area (Å²) in [5, 5.41) is 2.81. The van der Waals surface area contributed by atoms with Crippen LogP contribution >= 0.6 is 0 Å². The van der Waals surface area contributed by atoms with E-state index < -0.39 is 9.84 Å². The van der Waals surface area contributed by atoms with Gasteiger partial charge in [0.15, 0.2) is 9.84 Å². The number of ether oxygens (including phenoxy) is 1. The van der Waals surface area contributed by atoms with E-state index in [1.54, 1.807) is 13.8 Å². The van der Waals surface area contributed by atoms with E-state index in [9.17, 15) is 8.42 Å². The monoisotopic (exact) mass is 249 g/mol. The van der Waals surface area contributed by atoms with Crippen LogP contribution in [-0.4, -0.2) is 45.7 Å². The Labute approximate surface area is 98.7 Å². The number of nitrogens with one attached hydrogen (secondary N) is 1. The van der Waals surface area contributed by atoms with E-state index in [0.717, 1.165) is 19.1 Å². The predicted octanol–water partition coefficient (Wildman–Crippen LogP) is 0.826. The molecule has 0 saturated heterocycles. The Hall–Kier alpha value is -0.130. The smallest absolute Gasteiger partial charge is 0.153 e. The van der Waals surface area contributed by atoms with Crippen molar-refractivity contribution < 1.29 is 13.2 Å². The molecule has 1 rings (SSSR count). The summed E-state index contributed by atoms with van der Waals surface area (Å²) in [6.45, 7) is 6.24. The van der Waals surface area contributed by atoms with Crippen molar-refractivity contribution in [3.05, 3.63) is 0 Å². The fourth-order valence-corrected chi connectivity index (χ4v) is 2.15. The lowest BCUT2D eigenvalue weighted by atomic mass is 10.5. The maximum atomic E-state index is 11.4. The molecule has 0 aliphatic heterocycles. The summed E-state index contributed by atoms with van der Waals surface area (Å²) in [5.74, 6) is 1.01. The summed E-state index contributed by atoms with van der Waals surface area (Å²) in [4.78, 5) is 0. The average molecular weight is 249 g/mol. The molecule has 16 heavy (non-hydrogen) atoms. The second kappa shape index (κ2) is 6.57. The van der Waals surface area contributed by atoms with Crippen LogP contribution in [0.3, 0.4) is 0 Å². The van der Waals surface area contributed by atoms with Gasteiger partial charge >= 0.3 is 0 Å². The van der Waals surface area contributed by atoms with E-state index in [1.165, 1.54) is 12.8 Å². The molecule has 1 saturated carbocycles. The van der Waals surface area contributed by atoms with Crippen molar-refractivity contribution in [3.8, 4) is 0 Å². The Bertz CT molecular complexity index is 284. The van der Waals surface area contributed by atoms with E-state index in [1.807, 2.05) is 0 Å². The van der Waals surface area contributed by atoms with E-state index in [2.05, 4.69) is 5.32 Å². The van der Waals surface area contributed by atoms with Crippen molar-refractivity contribution in [2.45, 2.75) is 31.9 Å². The molecule has 1 aliphatic rings. The van der Waals surface area contributed by atoms with Gasteiger partial charge in [0, 0.05) is 19.7 Å². The van der Waals surface area contributed by atoms with Gasteiger partial charge in [-0.25, -0.2) is 8.42 Å². The molecule has 1 aliphatic carbocycles. The van der Waals surface area contributed by atoms with Crippen molar-refractivity contribution >= 4 is 9.84 Å². The molecule has 0 aromatic carbocycles. The molecule has 5 heteroatoms. The van der Waals surface area contributed by atoms with Gasteiger partial charge in [-0.2, -0.15) is 0 Å². The van der Waals surface area contributed by atoms with E-state index in [-0.39, 0.29) is 11.0 Å². The van der Waals surface area contributed by atoms with Gasteiger partial charge in [0.1, 0.15) is 0 Å². The van der Waals surface area contributed by atoms with Gasteiger partial charge in [0.2, 0.25) is 0 Å². The third kappa shape index (κ3) is 5.82. The first-order valence-electron chi connectivity index (χ1n) is 6.02. The highest BCUT2D eigenvalue weighted by molar-refractivity contribution is 7.92. The standard InChI is InChI=1S/C11H23NO3S/c1-10(2)16(13,14)8-6-12-5-7-15-9-11-3-4-11/h10-12H,3-9H2,1-2H3. The third-order valence-corrected chi connectivity index (χ3v) is 4.96. The molecule has 0 amide bonds. The first-order valence-corrected chi connectivity index (χ1v) is 7.74. The highest BCUT2D eigenvalue weighted by Crippen LogP contribution is 2.28. The molecule has 4 nitrogen and oxygen atoms in total. The van der Waals surface area contributed by atoms with Crippen molar-refractivity contribution in [2.24, 2.45) is 5.92 Å². The molecule has 0 heterocycles. The van der Waals surface area contributed by atoms with E-state index in [0.29, 0.717) is 13.2 Å². The largest absolute Gasteiger partial charge is 0.380 e. The Kier molecular flexibility index (Phi) is 5.72. The molecule has 0 unspecified atom stereocenters. The van der Waals surface area contributed by atoms with Crippen LogP contribution in [0.4, 0.5) is 0 Å². The molecule has 0 aromatic heterocycles. The summed E-state index contributed by atoms with van der Waals surface area (Å²) >= 11 is 0. The first kappa shape index (κ1) is 13.9. The second-order valence-corrected chi connectivity index (χ2v) is 7.36. The minimum atomic E-state index is -2.90. The fourth-order valence-electron chi connectivity index (χ4n) is 1.25. The van der Waals surface area contributed by atoms with Gasteiger partial charge in [-0.1, -0.05) is 0 Å². The highest BCUT2D eigenvalue weighted by Gasteiger charge is 2.20. The lowest BCUT2D eigenvalue weighted by molar-refractivity contribution is 0.126. The van der Waals surface area contributed by atoms with Crippen LogP contribution in [0.2, 0.25) is 0 Å². The van der Waals surface area contributed by atoms with Crippen molar-refractivity contribution in [2.75, 3.05) is 32.1 Å². The van der Waals surface area contributed by atoms with Gasteiger partial charge in [-0.15, -0.1) is 0 Å². The second-order valence-electron chi connectivity index (χ2n) is 4.68. The van der Waals surface area contributed by atoms with Gasteiger partial charge in [-0.3, -0.25) is 0 Å². The van der Waals surface area contributed by atoms with Crippen LogP contribution in [0, 0.1) is 5.92 Å². The summed E-state index contributed by atoms with van der Waals surface area (Å²) in [6, 6.07) is 0. The number of hydrogen-bond donors (Lipinski definition) is 1. The van der Waals surface area contributed by atoms with Crippen LogP contribution in [0.5, 0.6) is 0 Å². The van der Waals surface area contributed by atoms with Gasteiger partial charge in [0.25, 0.3) is 0 Å². The molecular formula is C11H23NO3S. The molecule has 0 spiro atoms. The average Bonchev–Trinajstić information content (AvgIpc) is 2.99. The zero-order valence-corrected chi connectivity index (χ0v) is 11.1. The molecule has 0 aromatic rings. The van der Waals surface area contributed by atoms with Crippen LogP contribution in [-0.2, 0) is 14.6 Å². The third-order valence-electron chi connectivity index (χ3n) is 2.76. The van der Waals surface area contributed by atoms with Crippen LogP contribution in [0.1, 0.15) is 26.7 Å². The topological polar surface area (TPSA) is 55.4 Å². The molecule has 0 atom stereocenters. The molecule has 0 radical (unpaired) electrons. The fraction of sp³-hybridized carbons (Fsp3) is 1.00. The van der Waals surface area contributed by atoms with Gasteiger partial charge < -0.3 is 10.1 Å². The molecule has 1 fully saturated rings. The summed E-state index contributed by atoms with van der Waals surface area (Å²) in [6.07, 6.45) is 2.61. The van der Waals surface area contributed by atoms with Crippen LogP contribution in [0.25, 0.3) is 0 Å². The van der Waals surface area contributed by atoms with Gasteiger partial charge in [-0.05, 0) is 32.6 Å².